The highest BCUT2D eigenvalue weighted by molar-refractivity contribution is 6.30. The van der Waals surface area contributed by atoms with Crippen molar-refractivity contribution in [2.75, 3.05) is 19.7 Å². The van der Waals surface area contributed by atoms with Crippen LogP contribution in [-0.4, -0.2) is 31.6 Å². The predicted molar refractivity (Wildman–Crippen MR) is 84.8 cm³/mol. The molecular formula is C16H23ClN2O2. The minimum atomic E-state index is -0.113. The second-order valence-corrected chi connectivity index (χ2v) is 6.59. The Morgan fingerprint density at radius 2 is 2.33 bits per heavy atom. The van der Waals surface area contributed by atoms with Crippen molar-refractivity contribution in [1.82, 2.24) is 10.6 Å². The highest BCUT2D eigenvalue weighted by Gasteiger charge is 2.31. The van der Waals surface area contributed by atoms with E-state index in [9.17, 15) is 4.79 Å². The molecule has 1 fully saturated rings. The van der Waals surface area contributed by atoms with E-state index in [2.05, 4.69) is 24.5 Å². The van der Waals surface area contributed by atoms with Crippen molar-refractivity contribution in [3.63, 3.8) is 0 Å². The first-order chi connectivity index (χ1) is 9.97. The van der Waals surface area contributed by atoms with Crippen LogP contribution in [-0.2, 0) is 4.79 Å². The molecule has 1 atom stereocenters. The van der Waals surface area contributed by atoms with Gasteiger partial charge in [-0.2, -0.15) is 0 Å². The summed E-state index contributed by atoms with van der Waals surface area (Å²) >= 11 is 5.87. The SMILES string of the molecule is CC1(C)CCCNC1CNC(=O)COc1cccc(Cl)c1. The van der Waals surface area contributed by atoms with Gasteiger partial charge in [0.2, 0.25) is 0 Å². The van der Waals surface area contributed by atoms with E-state index in [0.717, 1.165) is 6.54 Å². The molecule has 1 aliphatic heterocycles. The lowest BCUT2D eigenvalue weighted by molar-refractivity contribution is -0.123. The van der Waals surface area contributed by atoms with Crippen LogP contribution in [0, 0.1) is 5.41 Å². The zero-order valence-electron chi connectivity index (χ0n) is 12.6. The van der Waals surface area contributed by atoms with Gasteiger partial charge in [0.15, 0.2) is 6.61 Å². The molecule has 1 unspecified atom stereocenters. The Kier molecular flexibility index (Phi) is 5.48. The molecule has 0 aromatic heterocycles. The molecule has 2 rings (SSSR count). The van der Waals surface area contributed by atoms with Crippen molar-refractivity contribution in [3.8, 4) is 5.75 Å². The molecule has 1 aliphatic rings. The Hall–Kier alpha value is -1.26. The van der Waals surface area contributed by atoms with Crippen molar-refractivity contribution in [2.45, 2.75) is 32.7 Å². The smallest absolute Gasteiger partial charge is 0.257 e. The molecule has 1 amide bonds. The van der Waals surface area contributed by atoms with E-state index in [1.165, 1.54) is 12.8 Å². The average molecular weight is 311 g/mol. The largest absolute Gasteiger partial charge is 0.484 e. The van der Waals surface area contributed by atoms with Crippen LogP contribution in [0.5, 0.6) is 5.75 Å². The molecule has 1 aromatic rings. The van der Waals surface area contributed by atoms with Gasteiger partial charge in [-0.15, -0.1) is 0 Å². The normalized spacial score (nSPS) is 20.8. The van der Waals surface area contributed by atoms with Crippen molar-refractivity contribution in [3.05, 3.63) is 29.3 Å². The summed E-state index contributed by atoms with van der Waals surface area (Å²) in [5.74, 6) is 0.493. The standard InChI is InChI=1S/C16H23ClN2O2/c1-16(2)7-4-8-18-14(16)10-19-15(20)11-21-13-6-3-5-12(17)9-13/h3,5-6,9,14,18H,4,7-8,10-11H2,1-2H3,(H,19,20). The van der Waals surface area contributed by atoms with Crippen molar-refractivity contribution >= 4 is 17.5 Å². The Bertz CT molecular complexity index is 491. The van der Waals surface area contributed by atoms with Crippen LogP contribution < -0.4 is 15.4 Å². The van der Waals surface area contributed by atoms with Gasteiger partial charge in [0.05, 0.1) is 0 Å². The van der Waals surface area contributed by atoms with Gasteiger partial charge in [0, 0.05) is 17.6 Å². The van der Waals surface area contributed by atoms with Crippen molar-refractivity contribution in [2.24, 2.45) is 5.41 Å². The lowest BCUT2D eigenvalue weighted by Gasteiger charge is -2.39. The van der Waals surface area contributed by atoms with E-state index in [1.807, 2.05) is 0 Å². The van der Waals surface area contributed by atoms with E-state index in [0.29, 0.717) is 23.4 Å². The second kappa shape index (κ2) is 7.14. The number of rotatable bonds is 5. The molecule has 21 heavy (non-hydrogen) atoms. The monoisotopic (exact) mass is 310 g/mol. The maximum atomic E-state index is 11.9. The first-order valence-corrected chi connectivity index (χ1v) is 7.74. The first kappa shape index (κ1) is 16.1. The predicted octanol–water partition coefficient (Wildman–Crippen LogP) is 2.61. The zero-order chi connectivity index (χ0) is 15.3. The van der Waals surface area contributed by atoms with Crippen LogP contribution in [0.4, 0.5) is 0 Å². The third-order valence-electron chi connectivity index (χ3n) is 4.00. The van der Waals surface area contributed by atoms with Crippen LogP contribution in [0.3, 0.4) is 0 Å². The third-order valence-corrected chi connectivity index (χ3v) is 4.24. The minimum Gasteiger partial charge on any atom is -0.484 e. The zero-order valence-corrected chi connectivity index (χ0v) is 13.4. The highest BCUT2D eigenvalue weighted by Crippen LogP contribution is 2.29. The Labute approximate surface area is 131 Å². The molecule has 1 aromatic carbocycles. The molecule has 116 valence electrons. The molecule has 0 bridgehead atoms. The first-order valence-electron chi connectivity index (χ1n) is 7.36. The Morgan fingerprint density at radius 1 is 1.52 bits per heavy atom. The van der Waals surface area contributed by atoms with Crippen molar-refractivity contribution in [1.29, 1.82) is 0 Å². The van der Waals surface area contributed by atoms with E-state index in [4.69, 9.17) is 16.3 Å². The molecule has 4 nitrogen and oxygen atoms in total. The van der Waals surface area contributed by atoms with Gasteiger partial charge in [-0.1, -0.05) is 31.5 Å². The van der Waals surface area contributed by atoms with E-state index >= 15 is 0 Å². The summed E-state index contributed by atoms with van der Waals surface area (Å²) in [6.45, 7) is 6.12. The van der Waals surface area contributed by atoms with E-state index in [1.54, 1.807) is 24.3 Å². The number of hydrogen-bond acceptors (Lipinski definition) is 3. The second-order valence-electron chi connectivity index (χ2n) is 6.15. The average Bonchev–Trinajstić information content (AvgIpc) is 2.43. The summed E-state index contributed by atoms with van der Waals surface area (Å²) in [5, 5.41) is 7.00. The number of halogens is 1. The van der Waals surface area contributed by atoms with Crippen LogP contribution in [0.25, 0.3) is 0 Å². The Balaban J connectivity index is 1.74. The van der Waals surface area contributed by atoms with Gasteiger partial charge in [0.25, 0.3) is 5.91 Å². The molecule has 1 saturated heterocycles. The number of nitrogens with one attached hydrogen (secondary N) is 2. The fourth-order valence-electron chi connectivity index (χ4n) is 2.59. The number of piperidine rings is 1. The van der Waals surface area contributed by atoms with E-state index < -0.39 is 0 Å². The highest BCUT2D eigenvalue weighted by atomic mass is 35.5. The molecule has 2 N–H and O–H groups in total. The van der Waals surface area contributed by atoms with Gasteiger partial charge in [0.1, 0.15) is 5.75 Å². The van der Waals surface area contributed by atoms with Crippen molar-refractivity contribution < 1.29 is 9.53 Å². The third kappa shape index (κ3) is 4.90. The number of ether oxygens (including phenoxy) is 1. The fourth-order valence-corrected chi connectivity index (χ4v) is 2.77. The quantitative estimate of drug-likeness (QED) is 0.879. The fraction of sp³-hybridized carbons (Fsp3) is 0.562. The molecule has 0 saturated carbocycles. The lowest BCUT2D eigenvalue weighted by Crippen LogP contribution is -2.53. The van der Waals surface area contributed by atoms with Crippen LogP contribution >= 0.6 is 11.6 Å². The summed E-state index contributed by atoms with van der Waals surface area (Å²) in [6.07, 6.45) is 2.37. The summed E-state index contributed by atoms with van der Waals surface area (Å²) < 4.78 is 5.42. The molecule has 5 heteroatoms. The molecule has 1 heterocycles. The van der Waals surface area contributed by atoms with Gasteiger partial charge in [-0.3, -0.25) is 4.79 Å². The lowest BCUT2D eigenvalue weighted by atomic mass is 9.77. The molecule has 0 aliphatic carbocycles. The van der Waals surface area contributed by atoms with Gasteiger partial charge >= 0.3 is 0 Å². The minimum absolute atomic E-state index is 0.00743. The van der Waals surface area contributed by atoms with Gasteiger partial charge in [-0.05, 0) is 43.0 Å². The number of amides is 1. The molecule has 0 radical (unpaired) electrons. The van der Waals surface area contributed by atoms with Gasteiger partial charge < -0.3 is 15.4 Å². The van der Waals surface area contributed by atoms with Gasteiger partial charge in [-0.25, -0.2) is 0 Å². The van der Waals surface area contributed by atoms with Crippen LogP contribution in [0.15, 0.2) is 24.3 Å². The Morgan fingerprint density at radius 3 is 3.05 bits per heavy atom. The summed E-state index contributed by atoms with van der Waals surface area (Å²) in [7, 11) is 0. The topological polar surface area (TPSA) is 50.4 Å². The maximum Gasteiger partial charge on any atom is 0.257 e. The number of benzene rings is 1. The number of carbonyl (C=O) groups is 1. The van der Waals surface area contributed by atoms with Crippen LogP contribution in [0.2, 0.25) is 5.02 Å². The number of hydrogen-bond donors (Lipinski definition) is 2. The summed E-state index contributed by atoms with van der Waals surface area (Å²) in [4.78, 5) is 11.9. The van der Waals surface area contributed by atoms with E-state index in [-0.39, 0.29) is 17.9 Å². The molecule has 0 spiro atoms. The number of carbonyl (C=O) groups excluding carboxylic acids is 1. The van der Waals surface area contributed by atoms with Crippen LogP contribution in [0.1, 0.15) is 26.7 Å². The maximum absolute atomic E-state index is 11.9. The summed E-state index contributed by atoms with van der Waals surface area (Å²) in [6, 6.07) is 7.35. The summed E-state index contributed by atoms with van der Waals surface area (Å²) in [5.41, 5.74) is 0.208. The molecular weight excluding hydrogens is 288 g/mol.